The molecular weight excluding hydrogens is 419 g/mol. The van der Waals surface area contributed by atoms with Gasteiger partial charge in [-0.1, -0.05) is 41.9 Å². The van der Waals surface area contributed by atoms with Crippen molar-refractivity contribution in [2.45, 2.75) is 6.92 Å². The molecule has 0 atom stereocenters. The Morgan fingerprint density at radius 2 is 1.68 bits per heavy atom. The van der Waals surface area contributed by atoms with Crippen LogP contribution in [0.15, 0.2) is 72.4 Å². The number of hydrogen-bond acceptors (Lipinski definition) is 4. The van der Waals surface area contributed by atoms with Gasteiger partial charge in [0, 0.05) is 10.7 Å². The maximum absolute atomic E-state index is 14.4. The lowest BCUT2D eigenvalue weighted by Gasteiger charge is -2.16. The van der Waals surface area contributed by atoms with Gasteiger partial charge in [0.15, 0.2) is 0 Å². The Labute approximate surface area is 183 Å². The number of rotatable bonds is 5. The summed E-state index contributed by atoms with van der Waals surface area (Å²) in [7, 11) is 1.53. The second-order valence-electron chi connectivity index (χ2n) is 6.96. The van der Waals surface area contributed by atoms with Gasteiger partial charge in [0.05, 0.1) is 18.4 Å². The lowest BCUT2D eigenvalue weighted by atomic mass is 10.0. The number of carbonyl (C=O) groups excluding carboxylic acids is 2. The van der Waals surface area contributed by atoms with Gasteiger partial charge < -0.3 is 10.1 Å². The molecule has 1 N–H and O–H groups in total. The summed E-state index contributed by atoms with van der Waals surface area (Å²) in [6.07, 6.45) is 0. The molecule has 3 aromatic rings. The zero-order chi connectivity index (χ0) is 22.1. The number of halogens is 2. The van der Waals surface area contributed by atoms with E-state index in [4.69, 9.17) is 16.3 Å². The molecule has 0 saturated heterocycles. The van der Waals surface area contributed by atoms with Gasteiger partial charge in [0.25, 0.3) is 11.8 Å². The largest absolute Gasteiger partial charge is 0.497 e. The number of methoxy groups -OCH3 is 1. The molecule has 0 aliphatic carbocycles. The van der Waals surface area contributed by atoms with E-state index in [1.165, 1.54) is 25.3 Å². The lowest BCUT2D eigenvalue weighted by molar-refractivity contribution is -0.120. The van der Waals surface area contributed by atoms with Crippen molar-refractivity contribution in [3.8, 4) is 5.75 Å². The van der Waals surface area contributed by atoms with E-state index in [-0.39, 0.29) is 17.0 Å². The minimum Gasteiger partial charge on any atom is -0.497 e. The molecule has 1 aliphatic heterocycles. The third kappa shape index (κ3) is 3.78. The topological polar surface area (TPSA) is 58.6 Å². The van der Waals surface area contributed by atoms with Crippen LogP contribution in [0.1, 0.15) is 11.1 Å². The number of hydrogen-bond donors (Lipinski definition) is 1. The van der Waals surface area contributed by atoms with Crippen LogP contribution in [0.2, 0.25) is 5.02 Å². The van der Waals surface area contributed by atoms with E-state index < -0.39 is 17.6 Å². The molecule has 31 heavy (non-hydrogen) atoms. The van der Waals surface area contributed by atoms with E-state index in [0.717, 1.165) is 10.5 Å². The number of carbonyl (C=O) groups is 2. The zero-order valence-electron chi connectivity index (χ0n) is 16.8. The molecule has 7 heteroatoms. The molecule has 3 aromatic carbocycles. The van der Waals surface area contributed by atoms with Crippen molar-refractivity contribution in [3.63, 3.8) is 0 Å². The van der Waals surface area contributed by atoms with E-state index in [2.05, 4.69) is 5.32 Å². The Kier molecular flexibility index (Phi) is 5.48. The minimum absolute atomic E-state index is 0.0401. The highest BCUT2D eigenvalue weighted by atomic mass is 35.5. The van der Waals surface area contributed by atoms with Crippen molar-refractivity contribution in [2.24, 2.45) is 0 Å². The molecule has 0 radical (unpaired) electrons. The quantitative estimate of drug-likeness (QED) is 0.559. The van der Waals surface area contributed by atoms with E-state index in [0.29, 0.717) is 22.0 Å². The second kappa shape index (κ2) is 8.24. The Bertz CT molecular complexity index is 1220. The van der Waals surface area contributed by atoms with Crippen LogP contribution in [-0.2, 0) is 9.59 Å². The smallest absolute Gasteiger partial charge is 0.282 e. The van der Waals surface area contributed by atoms with Crippen molar-refractivity contribution in [1.82, 2.24) is 0 Å². The fourth-order valence-corrected chi connectivity index (χ4v) is 3.52. The number of benzene rings is 3. The summed E-state index contributed by atoms with van der Waals surface area (Å²) in [6, 6.07) is 17.6. The molecule has 156 valence electrons. The molecule has 1 heterocycles. The molecule has 0 unspecified atom stereocenters. The maximum Gasteiger partial charge on any atom is 0.282 e. The summed E-state index contributed by atoms with van der Waals surface area (Å²) >= 11 is 6.21. The first kappa shape index (κ1) is 20.6. The van der Waals surface area contributed by atoms with Crippen LogP contribution >= 0.6 is 11.6 Å². The zero-order valence-corrected chi connectivity index (χ0v) is 17.5. The monoisotopic (exact) mass is 436 g/mol. The molecule has 2 amide bonds. The van der Waals surface area contributed by atoms with Crippen LogP contribution in [0.25, 0.3) is 5.57 Å². The highest BCUT2D eigenvalue weighted by molar-refractivity contribution is 6.46. The van der Waals surface area contributed by atoms with Crippen molar-refractivity contribution in [3.05, 3.63) is 94.4 Å². The molecule has 0 bridgehead atoms. The van der Waals surface area contributed by atoms with Crippen molar-refractivity contribution in [1.29, 1.82) is 0 Å². The van der Waals surface area contributed by atoms with Crippen LogP contribution in [0.5, 0.6) is 5.75 Å². The van der Waals surface area contributed by atoms with Gasteiger partial charge in [-0.25, -0.2) is 9.29 Å². The molecular formula is C24H18ClFN2O3. The van der Waals surface area contributed by atoms with Gasteiger partial charge in [-0.2, -0.15) is 0 Å². The third-order valence-corrected chi connectivity index (χ3v) is 5.40. The molecule has 0 fully saturated rings. The molecule has 4 rings (SSSR count). The van der Waals surface area contributed by atoms with Crippen molar-refractivity contribution >= 4 is 40.4 Å². The molecule has 1 aliphatic rings. The summed E-state index contributed by atoms with van der Waals surface area (Å²) in [4.78, 5) is 27.5. The average Bonchev–Trinajstić information content (AvgIpc) is 3.01. The van der Waals surface area contributed by atoms with Crippen molar-refractivity contribution < 1.29 is 18.7 Å². The molecule has 0 aromatic heterocycles. The highest BCUT2D eigenvalue weighted by Gasteiger charge is 2.41. The average molecular weight is 437 g/mol. The first-order valence-electron chi connectivity index (χ1n) is 9.46. The Balaban J connectivity index is 1.83. The van der Waals surface area contributed by atoms with Crippen LogP contribution < -0.4 is 15.0 Å². The van der Waals surface area contributed by atoms with Crippen LogP contribution in [0, 0.1) is 12.7 Å². The van der Waals surface area contributed by atoms with Crippen LogP contribution in [0.3, 0.4) is 0 Å². The number of aryl methyl sites for hydroxylation is 1. The van der Waals surface area contributed by atoms with E-state index in [1.807, 2.05) is 6.92 Å². The number of anilines is 2. The number of nitrogens with one attached hydrogen (secondary N) is 1. The predicted octanol–water partition coefficient (Wildman–Crippen LogP) is 5.19. The molecule has 0 saturated carbocycles. The van der Waals surface area contributed by atoms with Gasteiger partial charge in [-0.3, -0.25) is 9.59 Å². The Morgan fingerprint density at radius 1 is 0.968 bits per heavy atom. The van der Waals surface area contributed by atoms with Crippen LogP contribution in [-0.4, -0.2) is 18.9 Å². The SMILES string of the molecule is COc1ccc(C2=C(Nc3ccc(C)c(Cl)c3)C(=O)N(c3ccccc3F)C2=O)cc1. The first-order valence-corrected chi connectivity index (χ1v) is 9.83. The lowest BCUT2D eigenvalue weighted by Crippen LogP contribution is -2.33. The van der Waals surface area contributed by atoms with Gasteiger partial charge in [0.1, 0.15) is 17.3 Å². The Hall–Kier alpha value is -3.64. The summed E-state index contributed by atoms with van der Waals surface area (Å²) in [5.41, 5.74) is 1.97. The number of nitrogens with zero attached hydrogens (tertiary/aromatic N) is 1. The molecule has 5 nitrogen and oxygen atoms in total. The normalized spacial score (nSPS) is 13.7. The number of para-hydroxylation sites is 1. The number of imide groups is 1. The number of ether oxygens (including phenoxy) is 1. The highest BCUT2D eigenvalue weighted by Crippen LogP contribution is 2.35. The van der Waals surface area contributed by atoms with E-state index in [1.54, 1.807) is 48.5 Å². The fraction of sp³-hybridized carbons (Fsp3) is 0.0833. The van der Waals surface area contributed by atoms with Gasteiger partial charge in [-0.15, -0.1) is 0 Å². The van der Waals surface area contributed by atoms with Gasteiger partial charge >= 0.3 is 0 Å². The van der Waals surface area contributed by atoms with Gasteiger partial charge in [-0.05, 0) is 54.4 Å². The summed E-state index contributed by atoms with van der Waals surface area (Å²) < 4.78 is 19.6. The van der Waals surface area contributed by atoms with Gasteiger partial charge in [0.2, 0.25) is 0 Å². The fourth-order valence-electron chi connectivity index (χ4n) is 3.34. The van der Waals surface area contributed by atoms with Crippen molar-refractivity contribution in [2.75, 3.05) is 17.3 Å². The first-order chi connectivity index (χ1) is 14.9. The summed E-state index contributed by atoms with van der Waals surface area (Å²) in [6.45, 7) is 1.86. The Morgan fingerprint density at radius 3 is 2.32 bits per heavy atom. The van der Waals surface area contributed by atoms with E-state index in [9.17, 15) is 14.0 Å². The molecule has 0 spiro atoms. The second-order valence-corrected chi connectivity index (χ2v) is 7.37. The third-order valence-electron chi connectivity index (χ3n) is 5.00. The maximum atomic E-state index is 14.4. The summed E-state index contributed by atoms with van der Waals surface area (Å²) in [5, 5.41) is 3.53. The predicted molar refractivity (Wildman–Crippen MR) is 119 cm³/mol. The van der Waals surface area contributed by atoms with Crippen LogP contribution in [0.4, 0.5) is 15.8 Å². The van der Waals surface area contributed by atoms with E-state index >= 15 is 0 Å². The standard InChI is InChI=1S/C24H18ClFN2O3/c1-14-7-10-16(13-18(14)25)27-22-21(15-8-11-17(31-2)12-9-15)23(29)28(24(22)30)20-6-4-3-5-19(20)26/h3-13,27H,1-2H3. The minimum atomic E-state index is -0.669. The summed E-state index contributed by atoms with van der Waals surface area (Å²) in [5.74, 6) is -1.34. The number of amides is 2.